The first-order valence-electron chi connectivity index (χ1n) is 4.31. The van der Waals surface area contributed by atoms with E-state index in [1.807, 2.05) is 6.07 Å². The van der Waals surface area contributed by atoms with Gasteiger partial charge in [0.05, 0.1) is 11.7 Å². The quantitative estimate of drug-likeness (QED) is 0.684. The Morgan fingerprint density at radius 3 is 3.00 bits per heavy atom. The average molecular weight is 203 g/mol. The number of carbonyl (C=O) groups excluding carboxylic acids is 1. The number of rotatable bonds is 2. The monoisotopic (exact) mass is 203 g/mol. The molecule has 0 aliphatic rings. The molecule has 0 aliphatic carbocycles. The highest BCUT2D eigenvalue weighted by Gasteiger charge is 2.17. The van der Waals surface area contributed by atoms with Crippen LogP contribution >= 0.6 is 0 Å². The third kappa shape index (κ3) is 1.62. The van der Waals surface area contributed by atoms with E-state index in [-0.39, 0.29) is 0 Å². The Kier molecular flexibility index (Phi) is 2.26. The Labute approximate surface area is 85.3 Å². The molecule has 2 aromatic heterocycles. The minimum absolute atomic E-state index is 0.306. The summed E-state index contributed by atoms with van der Waals surface area (Å²) in [6, 6.07) is 2.61. The molecule has 4 N–H and O–H groups in total. The Hall–Kier alpha value is -2.08. The predicted molar refractivity (Wildman–Crippen MR) is 53.5 cm³/mol. The van der Waals surface area contributed by atoms with Crippen molar-refractivity contribution in [1.82, 2.24) is 15.2 Å². The van der Waals surface area contributed by atoms with Gasteiger partial charge < -0.3 is 11.5 Å². The van der Waals surface area contributed by atoms with Gasteiger partial charge in [-0.3, -0.25) is 9.78 Å². The fourth-order valence-corrected chi connectivity index (χ4v) is 1.28. The van der Waals surface area contributed by atoms with Crippen LogP contribution in [0.15, 0.2) is 24.5 Å². The minimum Gasteiger partial charge on any atom is -0.368 e. The van der Waals surface area contributed by atoms with Crippen LogP contribution in [0, 0.1) is 0 Å². The number of nitrogens with zero attached hydrogens (tertiary/aromatic N) is 3. The molecule has 15 heavy (non-hydrogen) atoms. The van der Waals surface area contributed by atoms with Crippen molar-refractivity contribution in [3.63, 3.8) is 0 Å². The molecular weight excluding hydrogens is 194 g/mol. The highest BCUT2D eigenvalue weighted by Crippen LogP contribution is 2.16. The van der Waals surface area contributed by atoms with Crippen molar-refractivity contribution < 1.29 is 4.79 Å². The van der Waals surface area contributed by atoms with Crippen LogP contribution in [0.25, 0.3) is 10.9 Å². The maximum atomic E-state index is 10.9. The van der Waals surface area contributed by atoms with E-state index in [0.29, 0.717) is 11.2 Å². The molecule has 0 saturated carbocycles. The van der Waals surface area contributed by atoms with Gasteiger partial charge in [0.2, 0.25) is 5.91 Å². The number of hydrogen-bond acceptors (Lipinski definition) is 5. The minimum atomic E-state index is -0.976. The van der Waals surface area contributed by atoms with E-state index < -0.39 is 11.9 Å². The molecule has 6 nitrogen and oxygen atoms in total. The van der Waals surface area contributed by atoms with E-state index in [9.17, 15) is 4.79 Å². The summed E-state index contributed by atoms with van der Waals surface area (Å²) in [6.07, 6.45) is 3.15. The summed E-state index contributed by atoms with van der Waals surface area (Å²) in [5.41, 5.74) is 11.5. The molecule has 0 aliphatic heterocycles. The molecule has 0 fully saturated rings. The molecular formula is C9H9N5O. The second-order valence-corrected chi connectivity index (χ2v) is 3.05. The number of primary amides is 1. The van der Waals surface area contributed by atoms with Gasteiger partial charge in [-0.1, -0.05) is 0 Å². The van der Waals surface area contributed by atoms with Gasteiger partial charge in [0.1, 0.15) is 11.7 Å². The predicted octanol–water partition coefficient (Wildman–Crippen LogP) is -0.490. The van der Waals surface area contributed by atoms with Crippen LogP contribution in [0.3, 0.4) is 0 Å². The lowest BCUT2D eigenvalue weighted by molar-refractivity contribution is -0.119. The summed E-state index contributed by atoms with van der Waals surface area (Å²) >= 11 is 0. The van der Waals surface area contributed by atoms with Crippen molar-refractivity contribution in [3.8, 4) is 0 Å². The fraction of sp³-hybridized carbons (Fsp3) is 0.111. The first-order chi connectivity index (χ1) is 7.20. The highest BCUT2D eigenvalue weighted by atomic mass is 16.1. The van der Waals surface area contributed by atoms with Gasteiger partial charge in [-0.05, 0) is 12.1 Å². The zero-order valence-corrected chi connectivity index (χ0v) is 7.79. The standard InChI is InChI=1S/C9H9N5O/c10-6(9(11)15)8-7-5(4-13-14-8)2-1-3-12-7/h1-4,6H,10H2,(H2,11,15). The van der Waals surface area contributed by atoms with E-state index in [2.05, 4.69) is 15.2 Å². The molecule has 2 heterocycles. The van der Waals surface area contributed by atoms with Crippen LogP contribution in [-0.4, -0.2) is 21.1 Å². The summed E-state index contributed by atoms with van der Waals surface area (Å²) in [6.45, 7) is 0. The SMILES string of the molecule is NC(=O)C(N)c1nncc2cccnc12. The lowest BCUT2D eigenvalue weighted by Crippen LogP contribution is -2.29. The molecule has 2 aromatic rings. The number of aromatic nitrogens is 3. The first-order valence-corrected chi connectivity index (χ1v) is 4.31. The second kappa shape index (κ2) is 3.58. The summed E-state index contributed by atoms with van der Waals surface area (Å²) in [7, 11) is 0. The average Bonchev–Trinajstić information content (AvgIpc) is 2.27. The lowest BCUT2D eigenvalue weighted by Gasteiger charge is -2.07. The molecule has 6 heteroatoms. The molecule has 76 valence electrons. The van der Waals surface area contributed by atoms with E-state index >= 15 is 0 Å². The van der Waals surface area contributed by atoms with Crippen LogP contribution in [-0.2, 0) is 4.79 Å². The highest BCUT2D eigenvalue weighted by molar-refractivity contribution is 5.87. The lowest BCUT2D eigenvalue weighted by atomic mass is 10.1. The van der Waals surface area contributed by atoms with Gasteiger partial charge in [0.15, 0.2) is 0 Å². The van der Waals surface area contributed by atoms with Gasteiger partial charge in [-0.15, -0.1) is 0 Å². The van der Waals surface area contributed by atoms with Crippen LogP contribution < -0.4 is 11.5 Å². The van der Waals surface area contributed by atoms with Crippen LogP contribution in [0.1, 0.15) is 11.7 Å². The van der Waals surface area contributed by atoms with Gasteiger partial charge in [0.25, 0.3) is 0 Å². The number of amides is 1. The number of nitrogens with two attached hydrogens (primary N) is 2. The zero-order valence-electron chi connectivity index (χ0n) is 7.79. The summed E-state index contributed by atoms with van der Waals surface area (Å²) in [5.74, 6) is -0.651. The van der Waals surface area contributed by atoms with Crippen molar-refractivity contribution in [1.29, 1.82) is 0 Å². The van der Waals surface area contributed by atoms with E-state index in [4.69, 9.17) is 11.5 Å². The third-order valence-electron chi connectivity index (χ3n) is 2.04. The first kappa shape index (κ1) is 9.47. The Balaban J connectivity index is 2.65. The smallest absolute Gasteiger partial charge is 0.240 e. The maximum absolute atomic E-state index is 10.9. The van der Waals surface area contributed by atoms with Crippen LogP contribution in [0.2, 0.25) is 0 Å². The van der Waals surface area contributed by atoms with Gasteiger partial charge in [-0.25, -0.2) is 0 Å². The summed E-state index contributed by atoms with van der Waals surface area (Å²) in [4.78, 5) is 15.0. The van der Waals surface area contributed by atoms with Crippen molar-refractivity contribution in [2.24, 2.45) is 11.5 Å². The summed E-state index contributed by atoms with van der Waals surface area (Å²) < 4.78 is 0. The Morgan fingerprint density at radius 1 is 1.47 bits per heavy atom. The van der Waals surface area contributed by atoms with Crippen molar-refractivity contribution in [2.45, 2.75) is 6.04 Å². The molecule has 0 spiro atoms. The maximum Gasteiger partial charge on any atom is 0.240 e. The van der Waals surface area contributed by atoms with Crippen molar-refractivity contribution in [3.05, 3.63) is 30.2 Å². The van der Waals surface area contributed by atoms with E-state index in [0.717, 1.165) is 5.39 Å². The molecule has 0 saturated heterocycles. The van der Waals surface area contributed by atoms with Crippen LogP contribution in [0.4, 0.5) is 0 Å². The van der Waals surface area contributed by atoms with E-state index in [1.54, 1.807) is 18.5 Å². The molecule has 0 bridgehead atoms. The number of pyridine rings is 1. The molecule has 2 rings (SSSR count). The van der Waals surface area contributed by atoms with Crippen molar-refractivity contribution in [2.75, 3.05) is 0 Å². The molecule has 1 atom stereocenters. The van der Waals surface area contributed by atoms with E-state index in [1.165, 1.54) is 0 Å². The Morgan fingerprint density at radius 2 is 2.27 bits per heavy atom. The van der Waals surface area contributed by atoms with Crippen LogP contribution in [0.5, 0.6) is 0 Å². The third-order valence-corrected chi connectivity index (χ3v) is 2.04. The number of carbonyl (C=O) groups is 1. The number of fused-ring (bicyclic) bond motifs is 1. The normalized spacial score (nSPS) is 12.6. The molecule has 1 amide bonds. The van der Waals surface area contributed by atoms with Crippen molar-refractivity contribution >= 4 is 16.8 Å². The molecule has 0 radical (unpaired) electrons. The summed E-state index contributed by atoms with van der Waals surface area (Å²) in [5, 5.41) is 8.31. The topological polar surface area (TPSA) is 108 Å². The fourth-order valence-electron chi connectivity index (χ4n) is 1.28. The number of hydrogen-bond donors (Lipinski definition) is 2. The molecule has 0 aromatic carbocycles. The van der Waals surface area contributed by atoms with Gasteiger partial charge in [0, 0.05) is 11.6 Å². The largest absolute Gasteiger partial charge is 0.368 e. The second-order valence-electron chi connectivity index (χ2n) is 3.05. The van der Waals surface area contributed by atoms with Gasteiger partial charge >= 0.3 is 0 Å². The zero-order chi connectivity index (χ0) is 10.8. The van der Waals surface area contributed by atoms with Gasteiger partial charge in [-0.2, -0.15) is 10.2 Å². The molecule has 1 unspecified atom stereocenters. The Bertz CT molecular complexity index is 507.